The number of nitrogens with zero attached hydrogens (tertiary/aromatic N) is 1. The molecule has 2 aliphatic rings. The molecule has 3 rings (SSSR count). The normalized spacial score (nSPS) is 21.6. The number of allylic oxidation sites excluding steroid dienone is 2. The predicted molar refractivity (Wildman–Crippen MR) is 86.9 cm³/mol. The summed E-state index contributed by atoms with van der Waals surface area (Å²) in [5.74, 6) is 0.925. The minimum atomic E-state index is 0.154. The Morgan fingerprint density at radius 1 is 1.21 bits per heavy atom. The van der Waals surface area contributed by atoms with E-state index in [0.717, 1.165) is 17.0 Å². The van der Waals surface area contributed by atoms with E-state index in [9.17, 15) is 0 Å². The molecule has 0 aromatic heterocycles. The number of hydrogen-bond acceptors (Lipinski definition) is 2. The summed E-state index contributed by atoms with van der Waals surface area (Å²) < 4.78 is 7.66. The Hall–Kier alpha value is -1.26. The average molecular weight is 336 g/mol. The largest absolute Gasteiger partial charge is 0.494 e. The number of ether oxygens (including phenoxy) is 1. The molecule has 0 radical (unpaired) electrons. The topological polar surface area (TPSA) is 12.5 Å². The lowest BCUT2D eigenvalue weighted by Gasteiger charge is -2.27. The summed E-state index contributed by atoms with van der Waals surface area (Å²) in [5.41, 5.74) is 3.38. The van der Waals surface area contributed by atoms with E-state index >= 15 is 0 Å². The Morgan fingerprint density at radius 2 is 1.95 bits per heavy atom. The fraction of sp³-hybridized carbons (Fsp3) is 0.133. The van der Waals surface area contributed by atoms with Gasteiger partial charge in [-0.05, 0) is 17.7 Å². The highest BCUT2D eigenvalue weighted by molar-refractivity contribution is 9.07. The molecule has 1 unspecified atom stereocenters. The molecule has 4 heteroatoms. The molecular formula is C15H14BrNOS. The Kier molecular flexibility index (Phi) is 3.37. The molecule has 1 atom stereocenters. The molecule has 0 saturated carbocycles. The molecule has 19 heavy (non-hydrogen) atoms. The van der Waals surface area contributed by atoms with E-state index in [0.29, 0.717) is 0 Å². The lowest BCUT2D eigenvalue weighted by Crippen LogP contribution is -2.14. The van der Waals surface area contributed by atoms with Gasteiger partial charge in [0.25, 0.3) is 0 Å². The molecule has 0 bridgehead atoms. The molecule has 0 N–H and O–H groups in total. The van der Waals surface area contributed by atoms with E-state index in [-0.39, 0.29) is 10.5 Å². The first-order chi connectivity index (χ1) is 9.22. The van der Waals surface area contributed by atoms with Crippen molar-refractivity contribution in [2.24, 2.45) is 0 Å². The van der Waals surface area contributed by atoms with Crippen LogP contribution >= 0.6 is 26.6 Å². The first kappa shape index (κ1) is 12.8. The molecule has 0 aliphatic carbocycles. The van der Waals surface area contributed by atoms with Gasteiger partial charge >= 0.3 is 0 Å². The number of rotatable bonds is 2. The third kappa shape index (κ3) is 2.09. The maximum Gasteiger partial charge on any atom is 0.152 e. The van der Waals surface area contributed by atoms with Crippen LogP contribution in [0.3, 0.4) is 0 Å². The summed E-state index contributed by atoms with van der Waals surface area (Å²) in [6.45, 7) is 0. The second-order valence-corrected chi connectivity index (χ2v) is 6.92. The fourth-order valence-corrected chi connectivity index (χ4v) is 4.26. The van der Waals surface area contributed by atoms with Gasteiger partial charge in [0.05, 0.1) is 23.3 Å². The molecule has 1 aromatic carbocycles. The van der Waals surface area contributed by atoms with Crippen molar-refractivity contribution < 1.29 is 4.74 Å². The van der Waals surface area contributed by atoms with Crippen molar-refractivity contribution in [3.8, 4) is 0 Å². The van der Waals surface area contributed by atoms with Crippen molar-refractivity contribution in [3.63, 3.8) is 0 Å². The van der Waals surface area contributed by atoms with Crippen molar-refractivity contribution in [1.82, 2.24) is 3.93 Å². The van der Waals surface area contributed by atoms with Gasteiger partial charge in [-0.3, -0.25) is 3.93 Å². The third-order valence-electron chi connectivity index (χ3n) is 3.21. The van der Waals surface area contributed by atoms with E-state index in [1.165, 1.54) is 10.5 Å². The molecule has 0 fully saturated rings. The zero-order chi connectivity index (χ0) is 13.4. The first-order valence-corrected chi connectivity index (χ1v) is 8.34. The molecular weight excluding hydrogens is 322 g/mol. The summed E-state index contributed by atoms with van der Waals surface area (Å²) in [7, 11) is 1.89. The van der Waals surface area contributed by atoms with Crippen LogP contribution in [0.5, 0.6) is 0 Å². The molecule has 2 nitrogen and oxygen atoms in total. The Balaban J connectivity index is 2.16. The van der Waals surface area contributed by atoms with Gasteiger partial charge in [-0.2, -0.15) is 10.5 Å². The van der Waals surface area contributed by atoms with Gasteiger partial charge in [0.2, 0.25) is 0 Å². The maximum absolute atomic E-state index is 5.67. The second kappa shape index (κ2) is 5.02. The van der Waals surface area contributed by atoms with E-state index in [4.69, 9.17) is 4.74 Å². The van der Waals surface area contributed by atoms with E-state index in [1.54, 1.807) is 7.11 Å². The Morgan fingerprint density at radius 3 is 2.63 bits per heavy atom. The van der Waals surface area contributed by atoms with Gasteiger partial charge in [-0.25, -0.2) is 0 Å². The van der Waals surface area contributed by atoms with Gasteiger partial charge in [0, 0.05) is 22.2 Å². The van der Waals surface area contributed by atoms with Crippen molar-refractivity contribution in [2.75, 3.05) is 13.4 Å². The quantitative estimate of drug-likeness (QED) is 0.595. The highest BCUT2D eigenvalue weighted by Crippen LogP contribution is 2.45. The van der Waals surface area contributed by atoms with Gasteiger partial charge in [0.15, 0.2) is 5.76 Å². The zero-order valence-corrected chi connectivity index (χ0v) is 13.2. The van der Waals surface area contributed by atoms with Crippen molar-refractivity contribution in [1.29, 1.82) is 0 Å². The van der Waals surface area contributed by atoms with Crippen LogP contribution in [-0.4, -0.2) is 22.7 Å². The smallest absolute Gasteiger partial charge is 0.152 e. The van der Waals surface area contributed by atoms with Crippen molar-refractivity contribution >= 4 is 37.7 Å². The van der Waals surface area contributed by atoms with Crippen molar-refractivity contribution in [2.45, 2.75) is 0 Å². The molecule has 0 spiro atoms. The molecule has 0 amide bonds. The second-order valence-electron chi connectivity index (χ2n) is 4.33. The highest BCUT2D eigenvalue weighted by Gasteiger charge is 2.28. The molecule has 2 heterocycles. The fourth-order valence-electron chi connectivity index (χ4n) is 2.29. The molecule has 2 aliphatic heterocycles. The number of methoxy groups -OCH3 is 1. The van der Waals surface area contributed by atoms with Gasteiger partial charge < -0.3 is 4.74 Å². The summed E-state index contributed by atoms with van der Waals surface area (Å²) in [5, 5.41) is 2.23. The summed E-state index contributed by atoms with van der Waals surface area (Å²) in [4.78, 5) is 1.31. The SMILES string of the molecule is COC1=C(c2ccccc2)N(Br)C=C2C1=CC=S2C. The zero-order valence-electron chi connectivity index (χ0n) is 10.8. The summed E-state index contributed by atoms with van der Waals surface area (Å²) in [6, 6.07) is 10.3. The average Bonchev–Trinajstić information content (AvgIpc) is 2.80. The van der Waals surface area contributed by atoms with Crippen LogP contribution in [0.15, 0.2) is 58.8 Å². The number of benzene rings is 1. The van der Waals surface area contributed by atoms with E-state index < -0.39 is 0 Å². The van der Waals surface area contributed by atoms with Crippen LogP contribution < -0.4 is 0 Å². The molecule has 1 aromatic rings. The van der Waals surface area contributed by atoms with Crippen molar-refractivity contribution in [3.05, 3.63) is 64.4 Å². The first-order valence-electron chi connectivity index (χ1n) is 5.93. The van der Waals surface area contributed by atoms with Crippen LogP contribution in [0, 0.1) is 0 Å². The van der Waals surface area contributed by atoms with Crippen LogP contribution in [0.2, 0.25) is 0 Å². The van der Waals surface area contributed by atoms with Crippen LogP contribution in [0.1, 0.15) is 5.56 Å². The van der Waals surface area contributed by atoms with Crippen LogP contribution in [0.4, 0.5) is 0 Å². The summed E-state index contributed by atoms with van der Waals surface area (Å²) in [6.07, 6.45) is 6.52. The molecule has 0 saturated heterocycles. The third-order valence-corrected chi connectivity index (χ3v) is 5.33. The van der Waals surface area contributed by atoms with Crippen LogP contribution in [-0.2, 0) is 4.74 Å². The van der Waals surface area contributed by atoms with Crippen LogP contribution in [0.25, 0.3) is 5.70 Å². The van der Waals surface area contributed by atoms with E-state index in [2.05, 4.69) is 52.2 Å². The lowest BCUT2D eigenvalue weighted by molar-refractivity contribution is 0.300. The van der Waals surface area contributed by atoms with Gasteiger partial charge in [-0.15, -0.1) is 0 Å². The minimum absolute atomic E-state index is 0.154. The predicted octanol–water partition coefficient (Wildman–Crippen LogP) is 4.11. The Labute approximate surface area is 124 Å². The summed E-state index contributed by atoms with van der Waals surface area (Å²) >= 11 is 3.62. The van der Waals surface area contributed by atoms with Gasteiger partial charge in [0.1, 0.15) is 5.70 Å². The molecule has 98 valence electrons. The number of halogens is 1. The maximum atomic E-state index is 5.67. The Bertz CT molecular complexity index is 643. The van der Waals surface area contributed by atoms with Gasteiger partial charge in [-0.1, -0.05) is 30.3 Å². The number of fused-ring (bicyclic) bond motifs is 1. The standard InChI is InChI=1S/C15H14BrNOS/c1-18-15-12-8-9-19(2)13(12)10-17(16)14(15)11-6-4-3-5-7-11/h3-10H,1-2H3. The highest BCUT2D eigenvalue weighted by atomic mass is 79.9. The number of hydrogen-bond donors (Lipinski definition) is 0. The monoisotopic (exact) mass is 335 g/mol. The van der Waals surface area contributed by atoms with E-state index in [1.807, 2.05) is 22.1 Å². The lowest BCUT2D eigenvalue weighted by atomic mass is 10.0. The minimum Gasteiger partial charge on any atom is -0.494 e.